The van der Waals surface area contributed by atoms with Crippen molar-refractivity contribution < 1.29 is 9.53 Å². The highest BCUT2D eigenvalue weighted by Crippen LogP contribution is 2.31. The molecule has 0 atom stereocenters. The molecule has 3 aromatic rings. The van der Waals surface area contributed by atoms with Crippen molar-refractivity contribution in [3.8, 4) is 11.1 Å². The quantitative estimate of drug-likeness (QED) is 0.355. The van der Waals surface area contributed by atoms with Gasteiger partial charge in [0.1, 0.15) is 4.60 Å². The first-order chi connectivity index (χ1) is 12.1. The van der Waals surface area contributed by atoms with Gasteiger partial charge in [-0.3, -0.25) is 4.98 Å². The maximum Gasteiger partial charge on any atom is 0.333 e. The standard InChI is InChI=1S/C20H17BrN2O2/c1-3-25-20(24)13(2)11-15-9-10-22-19-16(12-17(21)23-18(15)19)14-7-5-4-6-8-14/h4-10,12H,2-3,11H2,1H3. The highest BCUT2D eigenvalue weighted by molar-refractivity contribution is 9.10. The second kappa shape index (κ2) is 7.57. The second-order valence-electron chi connectivity index (χ2n) is 5.53. The summed E-state index contributed by atoms with van der Waals surface area (Å²) >= 11 is 3.48. The maximum absolute atomic E-state index is 11.9. The van der Waals surface area contributed by atoms with E-state index in [0.717, 1.165) is 32.3 Å². The van der Waals surface area contributed by atoms with E-state index in [1.54, 1.807) is 13.1 Å². The molecule has 0 fully saturated rings. The molecule has 5 heteroatoms. The Morgan fingerprint density at radius 3 is 2.68 bits per heavy atom. The van der Waals surface area contributed by atoms with Gasteiger partial charge in [0, 0.05) is 23.8 Å². The first-order valence-corrected chi connectivity index (χ1v) is 8.74. The molecule has 0 saturated heterocycles. The molecule has 2 aromatic heterocycles. The molecule has 3 rings (SSSR count). The second-order valence-corrected chi connectivity index (χ2v) is 6.34. The molecule has 0 amide bonds. The van der Waals surface area contributed by atoms with E-state index in [1.807, 2.05) is 42.5 Å². The molecule has 0 spiro atoms. The molecule has 0 saturated carbocycles. The molecule has 25 heavy (non-hydrogen) atoms. The van der Waals surface area contributed by atoms with Gasteiger partial charge in [0.05, 0.1) is 17.6 Å². The van der Waals surface area contributed by atoms with Gasteiger partial charge >= 0.3 is 5.97 Å². The number of benzene rings is 1. The summed E-state index contributed by atoms with van der Waals surface area (Å²) in [7, 11) is 0. The van der Waals surface area contributed by atoms with Crippen LogP contribution in [0.25, 0.3) is 22.2 Å². The van der Waals surface area contributed by atoms with Crippen LogP contribution in [0.2, 0.25) is 0 Å². The summed E-state index contributed by atoms with van der Waals surface area (Å²) in [6, 6.07) is 13.8. The lowest BCUT2D eigenvalue weighted by atomic mass is 10.0. The summed E-state index contributed by atoms with van der Waals surface area (Å²) in [5.74, 6) is -0.384. The maximum atomic E-state index is 11.9. The van der Waals surface area contributed by atoms with Crippen molar-refractivity contribution >= 4 is 32.9 Å². The van der Waals surface area contributed by atoms with Crippen molar-refractivity contribution in [3.63, 3.8) is 0 Å². The Balaban J connectivity index is 2.09. The molecule has 0 aliphatic carbocycles. The SMILES string of the molecule is C=C(Cc1ccnc2c(-c3ccccc3)cc(Br)nc12)C(=O)OCC. The van der Waals surface area contributed by atoms with Gasteiger partial charge in [-0.25, -0.2) is 9.78 Å². The lowest BCUT2D eigenvalue weighted by molar-refractivity contribution is -0.138. The normalized spacial score (nSPS) is 10.6. The molecule has 0 radical (unpaired) electrons. The van der Waals surface area contributed by atoms with Crippen molar-refractivity contribution in [1.82, 2.24) is 9.97 Å². The number of esters is 1. The topological polar surface area (TPSA) is 52.1 Å². The van der Waals surface area contributed by atoms with Crippen LogP contribution in [0, 0.1) is 0 Å². The van der Waals surface area contributed by atoms with E-state index in [4.69, 9.17) is 4.74 Å². The first kappa shape index (κ1) is 17.3. The monoisotopic (exact) mass is 396 g/mol. The predicted octanol–water partition coefficient (Wildman–Crippen LogP) is 4.72. The van der Waals surface area contributed by atoms with Crippen molar-refractivity contribution in [2.75, 3.05) is 6.61 Å². The van der Waals surface area contributed by atoms with Crippen LogP contribution >= 0.6 is 15.9 Å². The van der Waals surface area contributed by atoms with Gasteiger partial charge in [-0.15, -0.1) is 0 Å². The molecule has 4 nitrogen and oxygen atoms in total. The molecule has 2 heterocycles. The number of hydrogen-bond acceptors (Lipinski definition) is 4. The summed E-state index contributed by atoms with van der Waals surface area (Å²) in [6.45, 7) is 5.95. The smallest absolute Gasteiger partial charge is 0.333 e. The van der Waals surface area contributed by atoms with Crippen molar-refractivity contribution in [2.45, 2.75) is 13.3 Å². The molecule has 0 aliphatic rings. The number of fused-ring (bicyclic) bond motifs is 1. The lowest BCUT2D eigenvalue weighted by Crippen LogP contribution is -2.09. The number of aromatic nitrogens is 2. The Hall–Kier alpha value is -2.53. The van der Waals surface area contributed by atoms with Crippen LogP contribution in [0.1, 0.15) is 12.5 Å². The molecular formula is C20H17BrN2O2. The average molecular weight is 397 g/mol. The fourth-order valence-corrected chi connectivity index (χ4v) is 3.06. The van der Waals surface area contributed by atoms with E-state index in [-0.39, 0.29) is 5.97 Å². The summed E-state index contributed by atoms with van der Waals surface area (Å²) in [5, 5.41) is 0. The molecule has 126 valence electrons. The Labute approximate surface area is 154 Å². The minimum Gasteiger partial charge on any atom is -0.463 e. The fourth-order valence-electron chi connectivity index (χ4n) is 2.66. The minimum atomic E-state index is -0.384. The highest BCUT2D eigenvalue weighted by Gasteiger charge is 2.15. The van der Waals surface area contributed by atoms with Crippen molar-refractivity contribution in [3.05, 3.63) is 71.0 Å². The number of pyridine rings is 2. The Morgan fingerprint density at radius 1 is 1.20 bits per heavy atom. The van der Waals surface area contributed by atoms with Crippen LogP contribution < -0.4 is 0 Å². The zero-order chi connectivity index (χ0) is 17.8. The Morgan fingerprint density at radius 2 is 1.96 bits per heavy atom. The third-order valence-corrected chi connectivity index (χ3v) is 4.20. The molecule has 0 aliphatic heterocycles. The zero-order valence-electron chi connectivity index (χ0n) is 13.8. The van der Waals surface area contributed by atoms with E-state index in [2.05, 4.69) is 32.5 Å². The number of rotatable bonds is 5. The van der Waals surface area contributed by atoms with Gasteiger partial charge in [-0.1, -0.05) is 36.9 Å². The van der Waals surface area contributed by atoms with Gasteiger partial charge < -0.3 is 4.74 Å². The number of nitrogens with zero attached hydrogens (tertiary/aromatic N) is 2. The fraction of sp³-hybridized carbons (Fsp3) is 0.150. The first-order valence-electron chi connectivity index (χ1n) is 7.94. The van der Waals surface area contributed by atoms with Crippen LogP contribution in [0.3, 0.4) is 0 Å². The average Bonchev–Trinajstić information content (AvgIpc) is 2.62. The molecular weight excluding hydrogens is 380 g/mol. The molecule has 1 aromatic carbocycles. The van der Waals surface area contributed by atoms with Crippen LogP contribution in [0.4, 0.5) is 0 Å². The van der Waals surface area contributed by atoms with Gasteiger partial charge in [-0.05, 0) is 46.1 Å². The van der Waals surface area contributed by atoms with Gasteiger partial charge in [-0.2, -0.15) is 0 Å². The van der Waals surface area contributed by atoms with Crippen molar-refractivity contribution in [1.29, 1.82) is 0 Å². The number of ether oxygens (including phenoxy) is 1. The van der Waals surface area contributed by atoms with Gasteiger partial charge in [0.2, 0.25) is 0 Å². The third-order valence-electron chi connectivity index (χ3n) is 3.80. The van der Waals surface area contributed by atoms with E-state index in [9.17, 15) is 4.79 Å². The number of carbonyl (C=O) groups is 1. The molecule has 0 N–H and O–H groups in total. The van der Waals surface area contributed by atoms with E-state index < -0.39 is 0 Å². The Kier molecular flexibility index (Phi) is 5.24. The van der Waals surface area contributed by atoms with Crippen LogP contribution in [0.5, 0.6) is 0 Å². The highest BCUT2D eigenvalue weighted by atomic mass is 79.9. The minimum absolute atomic E-state index is 0.330. The van der Waals surface area contributed by atoms with E-state index in [1.165, 1.54) is 0 Å². The van der Waals surface area contributed by atoms with Crippen molar-refractivity contribution in [2.24, 2.45) is 0 Å². The summed E-state index contributed by atoms with van der Waals surface area (Å²) in [6.07, 6.45) is 2.10. The van der Waals surface area contributed by atoms with E-state index >= 15 is 0 Å². The Bertz CT molecular complexity index is 939. The molecule has 0 unspecified atom stereocenters. The van der Waals surface area contributed by atoms with Crippen LogP contribution in [-0.2, 0) is 16.0 Å². The summed E-state index contributed by atoms with van der Waals surface area (Å²) in [4.78, 5) is 21.0. The number of halogens is 1. The summed E-state index contributed by atoms with van der Waals surface area (Å²) < 4.78 is 5.74. The van der Waals surface area contributed by atoms with Gasteiger partial charge in [0.25, 0.3) is 0 Å². The molecule has 0 bridgehead atoms. The third kappa shape index (κ3) is 3.77. The zero-order valence-corrected chi connectivity index (χ0v) is 15.4. The van der Waals surface area contributed by atoms with Crippen LogP contribution in [-0.4, -0.2) is 22.5 Å². The largest absolute Gasteiger partial charge is 0.463 e. The number of hydrogen-bond donors (Lipinski definition) is 0. The van der Waals surface area contributed by atoms with E-state index in [0.29, 0.717) is 18.6 Å². The van der Waals surface area contributed by atoms with Crippen LogP contribution in [0.15, 0.2) is 65.4 Å². The lowest BCUT2D eigenvalue weighted by Gasteiger charge is -2.11. The summed E-state index contributed by atoms with van der Waals surface area (Å²) in [5.41, 5.74) is 4.88. The predicted molar refractivity (Wildman–Crippen MR) is 102 cm³/mol. The number of carbonyl (C=O) groups excluding carboxylic acids is 1. The van der Waals surface area contributed by atoms with Gasteiger partial charge in [0.15, 0.2) is 0 Å².